The largest absolute Gasteiger partial charge is 0.486 e. The van der Waals surface area contributed by atoms with Gasteiger partial charge in [0.15, 0.2) is 23.4 Å². The van der Waals surface area contributed by atoms with E-state index in [4.69, 9.17) is 13.9 Å². The Kier molecular flexibility index (Phi) is 3.84. The molecule has 0 N–H and O–H groups in total. The maximum atomic E-state index is 12.8. The van der Waals surface area contributed by atoms with E-state index in [2.05, 4.69) is 0 Å². The predicted octanol–water partition coefficient (Wildman–Crippen LogP) is 3.65. The zero-order valence-electron chi connectivity index (χ0n) is 14.2. The number of aryl methyl sites for hydroxylation is 1. The second-order valence-electron chi connectivity index (χ2n) is 6.24. The first-order valence-corrected chi connectivity index (χ1v) is 8.25. The highest BCUT2D eigenvalue weighted by atomic mass is 16.6. The van der Waals surface area contributed by atoms with Gasteiger partial charge in [0.1, 0.15) is 12.2 Å². The van der Waals surface area contributed by atoms with E-state index in [1.807, 2.05) is 55.5 Å². The van der Waals surface area contributed by atoms with Gasteiger partial charge in [-0.2, -0.15) is 0 Å². The van der Waals surface area contributed by atoms with Crippen LogP contribution in [-0.2, 0) is 0 Å². The first-order valence-electron chi connectivity index (χ1n) is 8.25. The summed E-state index contributed by atoms with van der Waals surface area (Å²) < 4.78 is 17.4. The molecule has 1 atom stereocenters. The summed E-state index contributed by atoms with van der Waals surface area (Å²) in [6.07, 6.45) is -0.214. The number of fused-ring (bicyclic) bond motifs is 2. The maximum absolute atomic E-state index is 12.8. The van der Waals surface area contributed by atoms with Crippen molar-refractivity contribution in [3.8, 4) is 11.5 Å². The second-order valence-corrected chi connectivity index (χ2v) is 6.24. The van der Waals surface area contributed by atoms with Gasteiger partial charge in [-0.3, -0.25) is 4.79 Å². The van der Waals surface area contributed by atoms with Crippen LogP contribution in [0.4, 0.5) is 0 Å². The minimum Gasteiger partial charge on any atom is -0.486 e. The van der Waals surface area contributed by atoms with Crippen LogP contribution in [0.5, 0.6) is 11.5 Å². The third-order valence-corrected chi connectivity index (χ3v) is 4.43. The molecule has 2 aromatic carbocycles. The summed E-state index contributed by atoms with van der Waals surface area (Å²) in [4.78, 5) is 14.4. The highest BCUT2D eigenvalue weighted by Crippen LogP contribution is 2.31. The molecule has 0 spiro atoms. The predicted molar refractivity (Wildman–Crippen MR) is 94.3 cm³/mol. The summed E-state index contributed by atoms with van der Waals surface area (Å²) in [7, 11) is 1.75. The molecule has 1 aromatic heterocycles. The molecule has 3 aromatic rings. The monoisotopic (exact) mass is 337 g/mol. The number of hydrogen-bond donors (Lipinski definition) is 0. The number of nitrogens with zero attached hydrogens (tertiary/aromatic N) is 1. The van der Waals surface area contributed by atoms with Crippen molar-refractivity contribution in [2.75, 3.05) is 20.2 Å². The lowest BCUT2D eigenvalue weighted by Gasteiger charge is -2.29. The van der Waals surface area contributed by atoms with Crippen molar-refractivity contribution in [3.05, 3.63) is 59.9 Å². The van der Waals surface area contributed by atoms with Crippen LogP contribution >= 0.6 is 0 Å². The van der Waals surface area contributed by atoms with E-state index in [9.17, 15) is 4.79 Å². The molecule has 1 aliphatic rings. The molecule has 25 heavy (non-hydrogen) atoms. The fourth-order valence-electron chi connectivity index (χ4n) is 3.09. The standard InChI is InChI=1S/C20H19NO4/c1-13-15-7-3-4-8-16(15)25-19(13)20(22)21(2)11-14-12-23-17-9-5-6-10-18(17)24-14/h3-10,14H,11-12H2,1-2H3/t14-/m1/s1. The zero-order valence-corrected chi connectivity index (χ0v) is 14.2. The Morgan fingerprint density at radius 2 is 1.84 bits per heavy atom. The van der Waals surface area contributed by atoms with Gasteiger partial charge in [0.05, 0.1) is 6.54 Å². The number of benzene rings is 2. The second kappa shape index (κ2) is 6.16. The van der Waals surface area contributed by atoms with Crippen molar-refractivity contribution < 1.29 is 18.7 Å². The van der Waals surface area contributed by atoms with Gasteiger partial charge in [-0.1, -0.05) is 30.3 Å². The normalized spacial score (nSPS) is 16.0. The Labute approximate surface area is 145 Å². The third kappa shape index (κ3) is 2.82. The van der Waals surface area contributed by atoms with Crippen molar-refractivity contribution >= 4 is 16.9 Å². The Balaban J connectivity index is 1.50. The average Bonchev–Trinajstić information content (AvgIpc) is 2.98. The van der Waals surface area contributed by atoms with Crippen molar-refractivity contribution in [2.45, 2.75) is 13.0 Å². The van der Waals surface area contributed by atoms with Crippen LogP contribution in [0.3, 0.4) is 0 Å². The van der Waals surface area contributed by atoms with E-state index in [1.165, 1.54) is 0 Å². The van der Waals surface area contributed by atoms with E-state index >= 15 is 0 Å². The molecular formula is C20H19NO4. The highest BCUT2D eigenvalue weighted by Gasteiger charge is 2.26. The minimum absolute atomic E-state index is 0.156. The summed E-state index contributed by atoms with van der Waals surface area (Å²) in [6.45, 7) is 2.74. The van der Waals surface area contributed by atoms with E-state index < -0.39 is 0 Å². The van der Waals surface area contributed by atoms with Gasteiger partial charge in [-0.15, -0.1) is 0 Å². The van der Waals surface area contributed by atoms with Gasteiger partial charge >= 0.3 is 0 Å². The number of furan rings is 1. The fraction of sp³-hybridized carbons (Fsp3) is 0.250. The van der Waals surface area contributed by atoms with Gasteiger partial charge in [0.2, 0.25) is 0 Å². The SMILES string of the molecule is Cc1c(C(=O)N(C)C[C@@H]2COc3ccccc3O2)oc2ccccc12. The summed E-state index contributed by atoms with van der Waals surface area (Å²) in [5.41, 5.74) is 1.58. The molecule has 0 bridgehead atoms. The number of ether oxygens (including phenoxy) is 2. The van der Waals surface area contributed by atoms with E-state index in [0.29, 0.717) is 24.7 Å². The Morgan fingerprint density at radius 3 is 2.64 bits per heavy atom. The van der Waals surface area contributed by atoms with Crippen LogP contribution in [0.2, 0.25) is 0 Å². The first-order chi connectivity index (χ1) is 12.1. The summed E-state index contributed by atoms with van der Waals surface area (Å²) >= 11 is 0. The summed E-state index contributed by atoms with van der Waals surface area (Å²) in [6, 6.07) is 15.2. The number of para-hydroxylation sites is 3. The minimum atomic E-state index is -0.214. The third-order valence-electron chi connectivity index (χ3n) is 4.43. The van der Waals surface area contributed by atoms with Crippen LogP contribution in [-0.4, -0.2) is 37.1 Å². The van der Waals surface area contributed by atoms with Crippen LogP contribution in [0.25, 0.3) is 11.0 Å². The van der Waals surface area contributed by atoms with E-state index in [1.54, 1.807) is 11.9 Å². The molecule has 4 rings (SSSR count). The number of amides is 1. The highest BCUT2D eigenvalue weighted by molar-refractivity contribution is 5.98. The number of hydrogen-bond acceptors (Lipinski definition) is 4. The maximum Gasteiger partial charge on any atom is 0.289 e. The van der Waals surface area contributed by atoms with Crippen molar-refractivity contribution in [1.29, 1.82) is 0 Å². The van der Waals surface area contributed by atoms with Crippen LogP contribution in [0.15, 0.2) is 52.9 Å². The molecule has 5 heteroatoms. The topological polar surface area (TPSA) is 51.9 Å². The van der Waals surface area contributed by atoms with E-state index in [-0.39, 0.29) is 12.0 Å². The lowest BCUT2D eigenvalue weighted by atomic mass is 10.1. The molecule has 0 radical (unpaired) electrons. The molecule has 2 heterocycles. The van der Waals surface area contributed by atoms with Gasteiger partial charge in [0.25, 0.3) is 5.91 Å². The number of carbonyl (C=O) groups is 1. The van der Waals surface area contributed by atoms with Crippen LogP contribution in [0, 0.1) is 6.92 Å². The lowest BCUT2D eigenvalue weighted by molar-refractivity contribution is 0.0502. The van der Waals surface area contributed by atoms with Crippen molar-refractivity contribution in [2.24, 2.45) is 0 Å². The molecular weight excluding hydrogens is 318 g/mol. The molecule has 0 aliphatic carbocycles. The molecule has 0 saturated carbocycles. The van der Waals surface area contributed by atoms with Crippen LogP contribution < -0.4 is 9.47 Å². The van der Waals surface area contributed by atoms with Gasteiger partial charge < -0.3 is 18.8 Å². The quantitative estimate of drug-likeness (QED) is 0.732. The smallest absolute Gasteiger partial charge is 0.289 e. The number of rotatable bonds is 3. The van der Waals surface area contributed by atoms with Crippen molar-refractivity contribution in [1.82, 2.24) is 4.90 Å². The molecule has 5 nitrogen and oxygen atoms in total. The molecule has 128 valence electrons. The fourth-order valence-corrected chi connectivity index (χ4v) is 3.09. The molecule has 0 unspecified atom stereocenters. The molecule has 1 aliphatic heterocycles. The summed E-state index contributed by atoms with van der Waals surface area (Å²) in [5, 5.41) is 0.963. The molecule has 1 amide bonds. The van der Waals surface area contributed by atoms with Gasteiger partial charge in [-0.05, 0) is 25.1 Å². The molecule has 0 saturated heterocycles. The summed E-state index contributed by atoms with van der Waals surface area (Å²) in [5.74, 6) is 1.66. The van der Waals surface area contributed by atoms with Gasteiger partial charge in [0, 0.05) is 18.0 Å². The Bertz CT molecular complexity index is 930. The Hall–Kier alpha value is -2.95. The number of carbonyl (C=O) groups excluding carboxylic acids is 1. The van der Waals surface area contributed by atoms with E-state index in [0.717, 1.165) is 22.3 Å². The number of likely N-dealkylation sites (N-methyl/N-ethyl adjacent to an activating group) is 1. The van der Waals surface area contributed by atoms with Crippen molar-refractivity contribution in [3.63, 3.8) is 0 Å². The first kappa shape index (κ1) is 15.6. The Morgan fingerprint density at radius 1 is 1.12 bits per heavy atom. The van der Waals surface area contributed by atoms with Crippen LogP contribution in [0.1, 0.15) is 16.1 Å². The molecule has 0 fully saturated rings. The average molecular weight is 337 g/mol. The van der Waals surface area contributed by atoms with Gasteiger partial charge in [-0.25, -0.2) is 0 Å². The lowest BCUT2D eigenvalue weighted by Crippen LogP contribution is -2.41. The zero-order chi connectivity index (χ0) is 17.4.